The van der Waals surface area contributed by atoms with Gasteiger partial charge in [-0.1, -0.05) is 35.9 Å². The van der Waals surface area contributed by atoms with Crippen LogP contribution in [0, 0.1) is 0 Å². The number of fused-ring (bicyclic) bond motifs is 2. The number of ether oxygens (including phenoxy) is 1. The predicted octanol–water partition coefficient (Wildman–Crippen LogP) is 3.95. The molecule has 2 N–H and O–H groups in total. The summed E-state index contributed by atoms with van der Waals surface area (Å²) < 4.78 is 20.7. The van der Waals surface area contributed by atoms with Crippen molar-refractivity contribution in [2.24, 2.45) is 5.73 Å². The third-order valence-electron chi connectivity index (χ3n) is 9.27. The van der Waals surface area contributed by atoms with Crippen molar-refractivity contribution in [2.45, 2.75) is 50.5 Å². The maximum Gasteiger partial charge on any atom is 0.318 e. The Balaban J connectivity index is 1.32. The summed E-state index contributed by atoms with van der Waals surface area (Å²) in [4.78, 5) is 31.3. The number of nitrogens with zero attached hydrogens (tertiary/aromatic N) is 6. The summed E-state index contributed by atoms with van der Waals surface area (Å²) in [5.41, 5.74) is 9.04. The molecule has 3 aliphatic heterocycles. The van der Waals surface area contributed by atoms with Crippen LogP contribution in [0.15, 0.2) is 36.4 Å². The summed E-state index contributed by atoms with van der Waals surface area (Å²) in [5, 5.41) is 2.86. The summed E-state index contributed by atoms with van der Waals surface area (Å²) >= 11 is 10.7. The zero-order chi connectivity index (χ0) is 30.8. The molecule has 0 aliphatic carbocycles. The van der Waals surface area contributed by atoms with Crippen molar-refractivity contribution in [3.63, 3.8) is 0 Å². The van der Waals surface area contributed by atoms with Crippen molar-refractivity contribution in [3.8, 4) is 6.01 Å². The zero-order valence-electron chi connectivity index (χ0n) is 25.2. The molecule has 2 saturated heterocycles. The van der Waals surface area contributed by atoms with Gasteiger partial charge in [0.25, 0.3) is 5.91 Å². The number of piperazine rings is 1. The van der Waals surface area contributed by atoms with E-state index in [2.05, 4.69) is 58.6 Å². The van der Waals surface area contributed by atoms with Gasteiger partial charge in [-0.2, -0.15) is 22.6 Å². The monoisotopic (exact) mass is 641 g/mol. The van der Waals surface area contributed by atoms with E-state index in [9.17, 15) is 9.18 Å². The van der Waals surface area contributed by atoms with Gasteiger partial charge in [0.1, 0.15) is 12.4 Å². The van der Waals surface area contributed by atoms with E-state index in [1.165, 1.54) is 0 Å². The Morgan fingerprint density at radius 1 is 1.14 bits per heavy atom. The number of anilines is 2. The lowest BCUT2D eigenvalue weighted by Gasteiger charge is -2.43. The maximum absolute atomic E-state index is 14.4. The molecule has 0 spiro atoms. The lowest BCUT2D eigenvalue weighted by atomic mass is 10.0. The number of aromatic nitrogens is 2. The van der Waals surface area contributed by atoms with Crippen LogP contribution in [0.25, 0.3) is 10.8 Å². The second-order valence-corrected chi connectivity index (χ2v) is 12.8. The fourth-order valence-corrected chi connectivity index (χ4v) is 7.29. The number of nitrogens with two attached hydrogens (primary N) is 1. The van der Waals surface area contributed by atoms with Gasteiger partial charge >= 0.3 is 6.01 Å². The number of benzene rings is 2. The van der Waals surface area contributed by atoms with Crippen molar-refractivity contribution in [1.29, 1.82) is 0 Å². The summed E-state index contributed by atoms with van der Waals surface area (Å²) in [6.45, 7) is 4.78. The first-order chi connectivity index (χ1) is 21.4. The first kappa shape index (κ1) is 31.1. The van der Waals surface area contributed by atoms with Crippen molar-refractivity contribution in [2.75, 3.05) is 68.5 Å². The molecule has 236 valence electrons. The Kier molecular flexibility index (Phi) is 9.65. The van der Waals surface area contributed by atoms with Crippen molar-refractivity contribution in [1.82, 2.24) is 19.8 Å². The van der Waals surface area contributed by atoms with Crippen LogP contribution >= 0.6 is 24.2 Å². The molecule has 3 aliphatic rings. The van der Waals surface area contributed by atoms with Crippen LogP contribution < -0.4 is 20.3 Å². The lowest BCUT2D eigenvalue weighted by Crippen LogP contribution is -2.58. The molecule has 3 atom stereocenters. The van der Waals surface area contributed by atoms with Gasteiger partial charge in [0.2, 0.25) is 0 Å². The molecule has 2 aromatic carbocycles. The van der Waals surface area contributed by atoms with Crippen LogP contribution in [0.4, 0.5) is 15.9 Å². The molecule has 9 nitrogen and oxygen atoms in total. The Morgan fingerprint density at radius 3 is 2.70 bits per heavy atom. The number of carbonyl (C=O) groups is 1. The van der Waals surface area contributed by atoms with Gasteiger partial charge in [0.05, 0.1) is 23.3 Å². The van der Waals surface area contributed by atoms with E-state index in [1.807, 2.05) is 12.1 Å². The number of amides is 1. The van der Waals surface area contributed by atoms with Crippen LogP contribution in [-0.2, 0) is 17.8 Å². The SMILES string of the molecule is CN1CCC[C@H]1COc1nc2c(c(N3CCN(C(=O)[C@@H](F)CS)[C@@H](CCN)C3)n1)CCN(c1cccc3cccc(Cl)c13)C2. The van der Waals surface area contributed by atoms with Crippen LogP contribution in [0.5, 0.6) is 6.01 Å². The van der Waals surface area contributed by atoms with E-state index in [1.54, 1.807) is 4.90 Å². The molecule has 12 heteroatoms. The largest absolute Gasteiger partial charge is 0.462 e. The number of carbonyl (C=O) groups excluding carboxylic acids is 1. The minimum absolute atomic E-state index is 0.136. The summed E-state index contributed by atoms with van der Waals surface area (Å²) in [6.07, 6.45) is 1.93. The third kappa shape index (κ3) is 6.29. The van der Waals surface area contributed by atoms with Crippen molar-refractivity contribution < 1.29 is 13.9 Å². The standard InChI is InChI=1S/C32H41ClFN7O2S/c1-38-13-4-7-23(38)19-43-32-36-27-18-39(28-9-3-6-21-5-2-8-25(33)29(21)28)14-11-24(27)30(37-32)40-15-16-41(22(17-40)10-12-35)31(42)26(34)20-44/h2-3,5-6,8-9,22-23,26,44H,4,7,10-20,35H2,1H3/t22-,23-,26-/m0/s1. The molecule has 1 amide bonds. The lowest BCUT2D eigenvalue weighted by molar-refractivity contribution is -0.138. The molecule has 1 aromatic heterocycles. The first-order valence-electron chi connectivity index (χ1n) is 15.5. The number of hydrogen-bond acceptors (Lipinski definition) is 9. The normalized spacial score (nSPS) is 21.5. The second kappa shape index (κ2) is 13.6. The Hall–Kier alpha value is -2.86. The van der Waals surface area contributed by atoms with Gasteiger partial charge in [0, 0.05) is 54.6 Å². The van der Waals surface area contributed by atoms with Crippen LogP contribution in [-0.4, -0.2) is 103 Å². The van der Waals surface area contributed by atoms with E-state index in [0.717, 1.165) is 70.9 Å². The van der Waals surface area contributed by atoms with Gasteiger partial charge < -0.3 is 30.1 Å². The number of likely N-dealkylation sites (tertiary alicyclic amines) is 1. The highest BCUT2D eigenvalue weighted by atomic mass is 35.5. The van der Waals surface area contributed by atoms with Crippen LogP contribution in [0.2, 0.25) is 5.02 Å². The zero-order valence-corrected chi connectivity index (χ0v) is 26.8. The van der Waals surface area contributed by atoms with E-state index >= 15 is 0 Å². The Morgan fingerprint density at radius 2 is 1.95 bits per heavy atom. The smallest absolute Gasteiger partial charge is 0.318 e. The number of likely N-dealkylation sites (N-methyl/N-ethyl adjacent to an activating group) is 1. The highest BCUT2D eigenvalue weighted by Gasteiger charge is 2.36. The van der Waals surface area contributed by atoms with E-state index in [0.29, 0.717) is 57.8 Å². The minimum atomic E-state index is -1.63. The number of alkyl halides is 1. The van der Waals surface area contributed by atoms with Gasteiger partial charge in [-0.25, -0.2) is 4.39 Å². The molecular weight excluding hydrogens is 601 g/mol. The molecule has 0 unspecified atom stereocenters. The second-order valence-electron chi connectivity index (χ2n) is 12.0. The summed E-state index contributed by atoms with van der Waals surface area (Å²) in [6, 6.07) is 12.7. The van der Waals surface area contributed by atoms with E-state index < -0.39 is 12.1 Å². The molecule has 0 saturated carbocycles. The Bertz CT molecular complexity index is 1490. The molecule has 44 heavy (non-hydrogen) atoms. The average molecular weight is 642 g/mol. The average Bonchev–Trinajstić information content (AvgIpc) is 3.46. The fraction of sp³-hybridized carbons (Fsp3) is 0.531. The van der Waals surface area contributed by atoms with Crippen molar-refractivity contribution in [3.05, 3.63) is 52.7 Å². The minimum Gasteiger partial charge on any atom is -0.462 e. The number of hydrogen-bond donors (Lipinski definition) is 2. The molecule has 0 bridgehead atoms. The fourth-order valence-electron chi connectivity index (χ4n) is 6.86. The number of halogens is 2. The van der Waals surface area contributed by atoms with Crippen molar-refractivity contribution >= 4 is 52.4 Å². The summed E-state index contributed by atoms with van der Waals surface area (Å²) in [5.74, 6) is 0.181. The number of rotatable bonds is 9. The molecule has 4 heterocycles. The maximum atomic E-state index is 14.4. The van der Waals surface area contributed by atoms with Crippen LogP contribution in [0.1, 0.15) is 30.5 Å². The highest BCUT2D eigenvalue weighted by molar-refractivity contribution is 7.80. The van der Waals surface area contributed by atoms with E-state index in [-0.39, 0.29) is 11.8 Å². The topological polar surface area (TPSA) is 91.1 Å². The molecule has 3 aromatic rings. The molecule has 0 radical (unpaired) electrons. The third-order valence-corrected chi connectivity index (χ3v) is 9.90. The molecule has 2 fully saturated rings. The summed E-state index contributed by atoms with van der Waals surface area (Å²) in [7, 11) is 2.13. The molecule has 6 rings (SSSR count). The van der Waals surface area contributed by atoms with Crippen LogP contribution in [0.3, 0.4) is 0 Å². The predicted molar refractivity (Wildman–Crippen MR) is 177 cm³/mol. The molecular formula is C32H41ClFN7O2S. The number of thiol groups is 1. The van der Waals surface area contributed by atoms with E-state index in [4.69, 9.17) is 32.0 Å². The van der Waals surface area contributed by atoms with Gasteiger partial charge in [0.15, 0.2) is 6.17 Å². The Labute approximate surface area is 268 Å². The first-order valence-corrected chi connectivity index (χ1v) is 16.5. The highest BCUT2D eigenvalue weighted by Crippen LogP contribution is 2.37. The van der Waals surface area contributed by atoms with Gasteiger partial charge in [-0.15, -0.1) is 0 Å². The quantitative estimate of drug-likeness (QED) is 0.340. The van der Waals surface area contributed by atoms with Gasteiger partial charge in [-0.05, 0) is 63.3 Å². The van der Waals surface area contributed by atoms with Gasteiger partial charge in [-0.3, -0.25) is 4.79 Å².